The van der Waals surface area contributed by atoms with Crippen LogP contribution in [0.1, 0.15) is 59.8 Å². The van der Waals surface area contributed by atoms with Gasteiger partial charge in [0.05, 0.1) is 5.84 Å². The van der Waals surface area contributed by atoms with E-state index in [2.05, 4.69) is 32.6 Å². The molecule has 0 saturated heterocycles. The first-order valence-electron chi connectivity index (χ1n) is 7.41. The molecule has 0 atom stereocenters. The Balaban J connectivity index is 2.27. The van der Waals surface area contributed by atoms with E-state index in [0.29, 0.717) is 5.84 Å². The first kappa shape index (κ1) is 15.5. The molecule has 0 bridgehead atoms. The summed E-state index contributed by atoms with van der Waals surface area (Å²) in [6, 6.07) is 0.851. The lowest BCUT2D eigenvalue weighted by Crippen LogP contribution is -2.33. The highest BCUT2D eigenvalue weighted by Gasteiger charge is 2.29. The number of hydrogen-bond donors (Lipinski definition) is 2. The normalized spacial score (nSPS) is 16.6. The van der Waals surface area contributed by atoms with Crippen LogP contribution in [0.5, 0.6) is 0 Å². The summed E-state index contributed by atoms with van der Waals surface area (Å²) in [5, 5.41) is 7.58. The fourth-order valence-corrected chi connectivity index (χ4v) is 2.20. The molecule has 1 rings (SSSR count). The average Bonchev–Trinajstić information content (AvgIpc) is 3.06. The van der Waals surface area contributed by atoms with Gasteiger partial charge in [0, 0.05) is 11.5 Å². The van der Waals surface area contributed by atoms with E-state index in [0.717, 1.165) is 24.8 Å². The molecule has 0 aliphatic heterocycles. The molecule has 1 aliphatic rings. The summed E-state index contributed by atoms with van der Waals surface area (Å²) in [5.41, 5.74) is 5.50. The van der Waals surface area contributed by atoms with Gasteiger partial charge in [-0.1, -0.05) is 27.7 Å². The van der Waals surface area contributed by atoms with E-state index in [-0.39, 0.29) is 5.41 Å². The second-order valence-electron chi connectivity index (χ2n) is 6.85. The third kappa shape index (κ3) is 5.38. The molecule has 0 aromatic carbocycles. The van der Waals surface area contributed by atoms with Crippen molar-refractivity contribution in [1.82, 2.24) is 4.90 Å². The van der Waals surface area contributed by atoms with Crippen molar-refractivity contribution in [2.45, 2.75) is 65.8 Å². The molecule has 106 valence electrons. The highest BCUT2D eigenvalue weighted by Crippen LogP contribution is 2.29. The summed E-state index contributed by atoms with van der Waals surface area (Å²) in [6.45, 7) is 11.2. The van der Waals surface area contributed by atoms with Crippen LogP contribution in [0, 0.1) is 16.7 Å². The van der Waals surface area contributed by atoms with Crippen molar-refractivity contribution in [2.24, 2.45) is 17.1 Å². The van der Waals surface area contributed by atoms with E-state index in [1.165, 1.54) is 32.4 Å². The van der Waals surface area contributed by atoms with Crippen LogP contribution in [-0.2, 0) is 0 Å². The number of hydrogen-bond acceptors (Lipinski definition) is 2. The fourth-order valence-electron chi connectivity index (χ4n) is 2.20. The van der Waals surface area contributed by atoms with Gasteiger partial charge in [-0.15, -0.1) is 0 Å². The van der Waals surface area contributed by atoms with E-state index in [9.17, 15) is 0 Å². The zero-order chi connectivity index (χ0) is 13.8. The number of amidine groups is 1. The van der Waals surface area contributed by atoms with Crippen molar-refractivity contribution in [3.63, 3.8) is 0 Å². The van der Waals surface area contributed by atoms with Crippen molar-refractivity contribution >= 4 is 5.84 Å². The first-order chi connectivity index (χ1) is 8.33. The molecule has 0 heterocycles. The van der Waals surface area contributed by atoms with Gasteiger partial charge >= 0.3 is 0 Å². The van der Waals surface area contributed by atoms with E-state index >= 15 is 0 Å². The van der Waals surface area contributed by atoms with Crippen LogP contribution in [0.15, 0.2) is 0 Å². The van der Waals surface area contributed by atoms with Gasteiger partial charge in [0.15, 0.2) is 0 Å². The molecule has 3 nitrogen and oxygen atoms in total. The van der Waals surface area contributed by atoms with Gasteiger partial charge in [0.25, 0.3) is 0 Å². The van der Waals surface area contributed by atoms with Gasteiger partial charge in [-0.25, -0.2) is 0 Å². The molecule has 3 N–H and O–H groups in total. The summed E-state index contributed by atoms with van der Waals surface area (Å²) in [5.74, 6) is 1.11. The van der Waals surface area contributed by atoms with Crippen molar-refractivity contribution in [3.8, 4) is 0 Å². The van der Waals surface area contributed by atoms with Gasteiger partial charge in [-0.3, -0.25) is 5.41 Å². The number of nitrogens with two attached hydrogens (primary N) is 1. The average molecular weight is 253 g/mol. The standard InChI is InChI=1S/C15H31N3/c1-12(2)8-11-18(13-6-7-13)10-5-9-15(3,4)14(16)17/h12-13H,5-11H2,1-4H3,(H3,16,17). The van der Waals surface area contributed by atoms with E-state index < -0.39 is 0 Å². The number of nitrogens with zero attached hydrogens (tertiary/aromatic N) is 1. The SMILES string of the molecule is CC(C)CCN(CCCC(C)(C)C(=N)N)C1CC1. The zero-order valence-corrected chi connectivity index (χ0v) is 12.6. The van der Waals surface area contributed by atoms with Gasteiger partial charge in [-0.05, 0) is 51.1 Å². The highest BCUT2D eigenvalue weighted by molar-refractivity contribution is 5.82. The van der Waals surface area contributed by atoms with Crippen LogP contribution in [0.2, 0.25) is 0 Å². The molecule has 1 saturated carbocycles. The van der Waals surface area contributed by atoms with E-state index in [1.54, 1.807) is 0 Å². The topological polar surface area (TPSA) is 53.1 Å². The predicted octanol–water partition coefficient (Wildman–Crippen LogP) is 3.24. The van der Waals surface area contributed by atoms with Crippen molar-refractivity contribution in [3.05, 3.63) is 0 Å². The summed E-state index contributed by atoms with van der Waals surface area (Å²) < 4.78 is 0. The van der Waals surface area contributed by atoms with Crippen LogP contribution in [-0.4, -0.2) is 29.9 Å². The maximum Gasteiger partial charge on any atom is 0.0963 e. The van der Waals surface area contributed by atoms with Crippen LogP contribution in [0.25, 0.3) is 0 Å². The molecule has 0 aromatic heterocycles. The Morgan fingerprint density at radius 1 is 1.33 bits per heavy atom. The molecule has 0 aromatic rings. The molecule has 3 heteroatoms. The third-order valence-corrected chi connectivity index (χ3v) is 4.03. The lowest BCUT2D eigenvalue weighted by Gasteiger charge is -2.27. The van der Waals surface area contributed by atoms with Gasteiger partial charge < -0.3 is 10.6 Å². The molecular weight excluding hydrogens is 222 g/mol. The van der Waals surface area contributed by atoms with E-state index in [4.69, 9.17) is 11.1 Å². The molecule has 0 spiro atoms. The van der Waals surface area contributed by atoms with Crippen molar-refractivity contribution in [1.29, 1.82) is 5.41 Å². The smallest absolute Gasteiger partial charge is 0.0963 e. The predicted molar refractivity (Wildman–Crippen MR) is 79.0 cm³/mol. The van der Waals surface area contributed by atoms with Crippen LogP contribution in [0.3, 0.4) is 0 Å². The lowest BCUT2D eigenvalue weighted by molar-refractivity contribution is 0.234. The minimum Gasteiger partial charge on any atom is -0.387 e. The van der Waals surface area contributed by atoms with E-state index in [1.807, 2.05) is 0 Å². The molecule has 0 unspecified atom stereocenters. The number of rotatable bonds is 9. The first-order valence-corrected chi connectivity index (χ1v) is 7.41. The maximum absolute atomic E-state index is 7.58. The van der Waals surface area contributed by atoms with Crippen molar-refractivity contribution < 1.29 is 0 Å². The number of nitrogens with one attached hydrogen (secondary N) is 1. The summed E-state index contributed by atoms with van der Waals surface area (Å²) in [7, 11) is 0. The zero-order valence-electron chi connectivity index (χ0n) is 12.6. The molecule has 0 radical (unpaired) electrons. The Morgan fingerprint density at radius 2 is 1.94 bits per heavy atom. The van der Waals surface area contributed by atoms with Crippen molar-refractivity contribution in [2.75, 3.05) is 13.1 Å². The second-order valence-corrected chi connectivity index (χ2v) is 6.85. The highest BCUT2D eigenvalue weighted by atomic mass is 15.2. The molecule has 1 aliphatic carbocycles. The Labute approximate surface area is 113 Å². The lowest BCUT2D eigenvalue weighted by atomic mass is 9.86. The van der Waals surface area contributed by atoms with Crippen LogP contribution < -0.4 is 5.73 Å². The Kier molecular flexibility index (Phi) is 5.64. The Bertz CT molecular complexity index is 267. The largest absolute Gasteiger partial charge is 0.387 e. The summed E-state index contributed by atoms with van der Waals surface area (Å²) in [4.78, 5) is 2.65. The Morgan fingerprint density at radius 3 is 2.39 bits per heavy atom. The summed E-state index contributed by atoms with van der Waals surface area (Å²) >= 11 is 0. The summed E-state index contributed by atoms with van der Waals surface area (Å²) in [6.07, 6.45) is 6.24. The fraction of sp³-hybridized carbons (Fsp3) is 0.933. The minimum absolute atomic E-state index is 0.132. The van der Waals surface area contributed by atoms with Crippen LogP contribution >= 0.6 is 0 Å². The van der Waals surface area contributed by atoms with Gasteiger partial charge in [-0.2, -0.15) is 0 Å². The molecule has 18 heavy (non-hydrogen) atoms. The monoisotopic (exact) mass is 253 g/mol. The third-order valence-electron chi connectivity index (χ3n) is 4.03. The second kappa shape index (κ2) is 6.55. The minimum atomic E-state index is -0.132. The van der Waals surface area contributed by atoms with Crippen LogP contribution in [0.4, 0.5) is 0 Å². The molecule has 0 amide bonds. The molecule has 1 fully saturated rings. The Hall–Kier alpha value is -0.570. The maximum atomic E-state index is 7.58. The van der Waals surface area contributed by atoms with Gasteiger partial charge in [0.2, 0.25) is 0 Å². The molecular formula is C15H31N3. The van der Waals surface area contributed by atoms with Gasteiger partial charge in [0.1, 0.15) is 0 Å². The quantitative estimate of drug-likeness (QED) is 0.489.